The van der Waals surface area contributed by atoms with Gasteiger partial charge in [-0.25, -0.2) is 15.0 Å². The molecule has 0 amide bonds. The number of hydrogen-bond acceptors (Lipinski definition) is 6. The Hall–Kier alpha value is -9.59. The van der Waals surface area contributed by atoms with E-state index in [1.54, 1.807) is 0 Å². The molecule has 5 aromatic heterocycles. The van der Waals surface area contributed by atoms with E-state index >= 15 is 0 Å². The lowest BCUT2D eigenvalue weighted by molar-refractivity contribution is 0.668. The van der Waals surface area contributed by atoms with E-state index in [1.807, 2.05) is 84.9 Å². The van der Waals surface area contributed by atoms with Gasteiger partial charge in [-0.1, -0.05) is 140 Å². The Bertz CT molecular complexity index is 4600. The van der Waals surface area contributed by atoms with E-state index in [1.165, 1.54) is 10.8 Å². The van der Waals surface area contributed by atoms with Crippen LogP contribution in [0.5, 0.6) is 0 Å². The van der Waals surface area contributed by atoms with Crippen molar-refractivity contribution in [1.29, 1.82) is 0 Å². The molecule has 7 heteroatoms. The quantitative estimate of drug-likeness (QED) is 0.165. The summed E-state index contributed by atoms with van der Waals surface area (Å²) >= 11 is 0. The van der Waals surface area contributed by atoms with Gasteiger partial charge < -0.3 is 17.8 Å². The number of furan rings is 3. The number of benzene rings is 10. The molecule has 10 aromatic carbocycles. The number of hydrogen-bond donors (Lipinski definition) is 0. The zero-order valence-corrected chi connectivity index (χ0v) is 37.3. The van der Waals surface area contributed by atoms with Gasteiger partial charge in [0, 0.05) is 71.0 Å². The lowest BCUT2D eigenvalue weighted by Gasteiger charge is -2.10. The van der Waals surface area contributed by atoms with Gasteiger partial charge in [-0.3, -0.25) is 0 Å². The molecule has 7 nitrogen and oxygen atoms in total. The van der Waals surface area contributed by atoms with Gasteiger partial charge in [0.15, 0.2) is 17.5 Å². The first-order valence-electron chi connectivity index (χ1n) is 23.4. The molecule has 0 aliphatic rings. The smallest absolute Gasteiger partial charge is 0.164 e. The molecule has 0 fully saturated rings. The van der Waals surface area contributed by atoms with E-state index in [2.05, 4.69) is 138 Å². The summed E-state index contributed by atoms with van der Waals surface area (Å²) in [6.07, 6.45) is 0. The summed E-state index contributed by atoms with van der Waals surface area (Å²) in [5.41, 5.74) is 15.4. The minimum absolute atomic E-state index is 0.563. The topological polar surface area (TPSA) is 83.0 Å². The maximum atomic E-state index is 6.58. The molecule has 0 spiro atoms. The van der Waals surface area contributed by atoms with Gasteiger partial charge in [0.2, 0.25) is 0 Å². The fraction of sp³-hybridized carbons (Fsp3) is 0. The zero-order chi connectivity index (χ0) is 45.9. The van der Waals surface area contributed by atoms with Crippen LogP contribution in [-0.2, 0) is 0 Å². The average Bonchev–Trinajstić information content (AvgIpc) is 4.19. The van der Waals surface area contributed by atoms with Crippen LogP contribution in [0.25, 0.3) is 150 Å². The third kappa shape index (κ3) is 5.91. The fourth-order valence-electron chi connectivity index (χ4n) is 10.6. The van der Waals surface area contributed by atoms with Crippen LogP contribution in [-0.4, -0.2) is 19.5 Å². The number of nitrogens with zero attached hydrogens (tertiary/aromatic N) is 4. The van der Waals surface area contributed by atoms with Crippen LogP contribution in [0.15, 0.2) is 232 Å². The van der Waals surface area contributed by atoms with Gasteiger partial charge in [-0.05, 0) is 95.6 Å². The third-order valence-corrected chi connectivity index (χ3v) is 13.9. The highest BCUT2D eigenvalue weighted by molar-refractivity contribution is 6.15. The van der Waals surface area contributed by atoms with Gasteiger partial charge >= 0.3 is 0 Å². The highest BCUT2D eigenvalue weighted by atomic mass is 16.3. The summed E-state index contributed by atoms with van der Waals surface area (Å²) in [5, 5.41) is 8.61. The minimum Gasteiger partial charge on any atom is -0.456 e. The Labute approximate surface area is 399 Å². The van der Waals surface area contributed by atoms with Crippen molar-refractivity contribution in [2.45, 2.75) is 0 Å². The Morgan fingerprint density at radius 1 is 0.286 bits per heavy atom. The summed E-state index contributed by atoms with van der Waals surface area (Å²) in [7, 11) is 0. The summed E-state index contributed by atoms with van der Waals surface area (Å²) in [4.78, 5) is 15.5. The Morgan fingerprint density at radius 3 is 1.64 bits per heavy atom. The van der Waals surface area contributed by atoms with Crippen LogP contribution >= 0.6 is 0 Å². The van der Waals surface area contributed by atoms with E-state index in [0.717, 1.165) is 121 Å². The molecule has 15 aromatic rings. The van der Waals surface area contributed by atoms with Crippen molar-refractivity contribution in [1.82, 2.24) is 19.5 Å². The average molecular weight is 897 g/mol. The van der Waals surface area contributed by atoms with Crippen molar-refractivity contribution >= 4 is 87.6 Å². The Kier molecular flexibility index (Phi) is 8.23. The van der Waals surface area contributed by atoms with E-state index in [0.29, 0.717) is 17.5 Å². The Morgan fingerprint density at radius 2 is 0.814 bits per heavy atom. The lowest BCUT2D eigenvalue weighted by Crippen LogP contribution is -2.00. The van der Waals surface area contributed by atoms with Crippen molar-refractivity contribution in [2.24, 2.45) is 0 Å². The van der Waals surface area contributed by atoms with Crippen LogP contribution < -0.4 is 0 Å². The number of para-hydroxylation sites is 4. The van der Waals surface area contributed by atoms with Gasteiger partial charge in [-0.2, -0.15) is 0 Å². The maximum Gasteiger partial charge on any atom is 0.164 e. The highest BCUT2D eigenvalue weighted by Gasteiger charge is 2.21. The predicted molar refractivity (Wildman–Crippen MR) is 283 cm³/mol. The van der Waals surface area contributed by atoms with Gasteiger partial charge in [0.25, 0.3) is 0 Å². The van der Waals surface area contributed by atoms with Crippen molar-refractivity contribution in [3.05, 3.63) is 218 Å². The van der Waals surface area contributed by atoms with Crippen LogP contribution in [0.4, 0.5) is 0 Å². The second-order valence-electron chi connectivity index (χ2n) is 17.9. The van der Waals surface area contributed by atoms with E-state index < -0.39 is 0 Å². The molecule has 5 heterocycles. The largest absolute Gasteiger partial charge is 0.456 e. The molecule has 0 aliphatic carbocycles. The molecular weight excluding hydrogens is 861 g/mol. The van der Waals surface area contributed by atoms with Crippen molar-refractivity contribution in [3.63, 3.8) is 0 Å². The molecule has 0 aliphatic heterocycles. The van der Waals surface area contributed by atoms with Crippen LogP contribution in [0.2, 0.25) is 0 Å². The van der Waals surface area contributed by atoms with Crippen LogP contribution in [0.1, 0.15) is 0 Å². The molecule has 15 rings (SSSR count). The zero-order valence-electron chi connectivity index (χ0n) is 37.3. The molecule has 326 valence electrons. The number of rotatable bonds is 6. The van der Waals surface area contributed by atoms with E-state index in [-0.39, 0.29) is 0 Å². The molecule has 0 saturated heterocycles. The second kappa shape index (κ2) is 15.0. The van der Waals surface area contributed by atoms with Crippen molar-refractivity contribution in [2.75, 3.05) is 0 Å². The van der Waals surface area contributed by atoms with Gasteiger partial charge in [0.05, 0.1) is 11.0 Å². The molecule has 0 unspecified atom stereocenters. The SMILES string of the molecule is c1ccc(-c2nc(-c3ccc4oc5ccccc5c4c3)nc(-c3cccc4oc5ccc(-c6ccc7c(c6)c6ccccc6n7-c6ccc(-c7cccc8c7oc7ccccc78)cc6)cc5c34)n2)cc1. The fourth-order valence-corrected chi connectivity index (χ4v) is 10.6. The first kappa shape index (κ1) is 38.5. The predicted octanol–water partition coefficient (Wildman–Crippen LogP) is 17.0. The molecule has 0 saturated carbocycles. The highest BCUT2D eigenvalue weighted by Crippen LogP contribution is 2.42. The Balaban J connectivity index is 0.844. The molecular formula is C63H36N4O3. The molecule has 70 heavy (non-hydrogen) atoms. The summed E-state index contributed by atoms with van der Waals surface area (Å²) in [5.74, 6) is 1.73. The lowest BCUT2D eigenvalue weighted by atomic mass is 9.99. The van der Waals surface area contributed by atoms with Gasteiger partial charge in [0.1, 0.15) is 33.5 Å². The minimum atomic E-state index is 0.563. The normalized spacial score (nSPS) is 12.0. The first-order valence-corrected chi connectivity index (χ1v) is 23.4. The first-order chi connectivity index (χ1) is 34.7. The molecule has 0 bridgehead atoms. The molecule has 0 atom stereocenters. The second-order valence-corrected chi connectivity index (χ2v) is 17.9. The van der Waals surface area contributed by atoms with E-state index in [4.69, 9.17) is 28.2 Å². The standard InChI is InChI=1S/C63H36N4O3/c1-2-12-38(13-3-1)61-64-62(41-28-33-56-50(36-41)46-16-6-8-21-54(46)68-56)66-63(65-61)48-19-11-23-58-59(48)51-35-40(27-32-57(51)69-58)39-26-31-53-49(34-39)44-14-4-7-20-52(44)67(53)42-29-24-37(25-30-42)43-17-10-18-47-45-15-5-9-22-55(45)70-60(43)47/h1-36H. The summed E-state index contributed by atoms with van der Waals surface area (Å²) in [6, 6.07) is 75.8. The van der Waals surface area contributed by atoms with Crippen LogP contribution in [0, 0.1) is 0 Å². The summed E-state index contributed by atoms with van der Waals surface area (Å²) in [6.45, 7) is 0. The maximum absolute atomic E-state index is 6.58. The number of fused-ring (bicyclic) bond motifs is 12. The third-order valence-electron chi connectivity index (χ3n) is 13.9. The molecule has 0 radical (unpaired) electrons. The summed E-state index contributed by atoms with van der Waals surface area (Å²) < 4.78 is 21.5. The number of aromatic nitrogens is 4. The van der Waals surface area contributed by atoms with E-state index in [9.17, 15) is 0 Å². The van der Waals surface area contributed by atoms with Crippen molar-refractivity contribution in [3.8, 4) is 62.1 Å². The van der Waals surface area contributed by atoms with Gasteiger partial charge in [-0.15, -0.1) is 0 Å². The molecule has 0 N–H and O–H groups in total. The van der Waals surface area contributed by atoms with Crippen LogP contribution in [0.3, 0.4) is 0 Å². The van der Waals surface area contributed by atoms with Crippen molar-refractivity contribution < 1.29 is 13.3 Å². The monoisotopic (exact) mass is 896 g/mol.